The van der Waals surface area contributed by atoms with Gasteiger partial charge in [-0.1, -0.05) is 12.1 Å². The molecule has 3 nitrogen and oxygen atoms in total. The lowest BCUT2D eigenvalue weighted by Gasteiger charge is -2.08. The van der Waals surface area contributed by atoms with Crippen LogP contribution in [0, 0.1) is 0 Å². The third kappa shape index (κ3) is 3.26. The van der Waals surface area contributed by atoms with Crippen LogP contribution in [0.3, 0.4) is 0 Å². The topological polar surface area (TPSA) is 29.9 Å². The van der Waals surface area contributed by atoms with Crippen molar-refractivity contribution in [3.05, 3.63) is 41.6 Å². The molecule has 21 heavy (non-hydrogen) atoms. The Kier molecular flexibility index (Phi) is 3.49. The molecule has 0 unspecified atom stereocenters. The molecule has 1 heterocycles. The first kappa shape index (κ1) is 14.1. The van der Waals surface area contributed by atoms with E-state index in [1.807, 2.05) is 13.2 Å². The molecule has 0 amide bonds. The van der Waals surface area contributed by atoms with Gasteiger partial charge in [0.25, 0.3) is 0 Å². The predicted molar refractivity (Wildman–Crippen MR) is 73.5 cm³/mol. The number of hydrogen-bond donors (Lipinski definition) is 1. The van der Waals surface area contributed by atoms with Crippen LogP contribution in [0.25, 0.3) is 11.3 Å². The van der Waals surface area contributed by atoms with Crippen molar-refractivity contribution in [2.24, 2.45) is 7.05 Å². The van der Waals surface area contributed by atoms with Crippen LogP contribution in [0.15, 0.2) is 30.5 Å². The average molecular weight is 295 g/mol. The lowest BCUT2D eigenvalue weighted by atomic mass is 10.1. The smallest absolute Gasteiger partial charge is 0.310 e. The highest BCUT2D eigenvalue weighted by molar-refractivity contribution is 5.63. The van der Waals surface area contributed by atoms with Gasteiger partial charge in [0.2, 0.25) is 0 Å². The van der Waals surface area contributed by atoms with Crippen LogP contribution < -0.4 is 5.32 Å². The van der Waals surface area contributed by atoms with Crippen molar-refractivity contribution in [2.45, 2.75) is 31.6 Å². The summed E-state index contributed by atoms with van der Waals surface area (Å²) in [6, 6.07) is 5.73. The number of hydrogen-bond acceptors (Lipinski definition) is 2. The van der Waals surface area contributed by atoms with Gasteiger partial charge in [0, 0.05) is 37.0 Å². The zero-order valence-electron chi connectivity index (χ0n) is 11.6. The van der Waals surface area contributed by atoms with Crippen molar-refractivity contribution in [3.8, 4) is 11.3 Å². The van der Waals surface area contributed by atoms with Crippen LogP contribution >= 0.6 is 0 Å². The highest BCUT2D eigenvalue weighted by atomic mass is 19.4. The minimum absolute atomic E-state index is 0.575. The Morgan fingerprint density at radius 3 is 2.48 bits per heavy atom. The predicted octanol–water partition coefficient (Wildman–Crippen LogP) is 3.36. The fraction of sp³-hybridized carbons (Fsp3) is 0.400. The third-order valence-electron chi connectivity index (χ3n) is 3.55. The van der Waals surface area contributed by atoms with Gasteiger partial charge in [0.05, 0.1) is 11.3 Å². The largest absolute Gasteiger partial charge is 0.416 e. The van der Waals surface area contributed by atoms with Gasteiger partial charge >= 0.3 is 6.18 Å². The van der Waals surface area contributed by atoms with Crippen LogP contribution in [-0.4, -0.2) is 15.8 Å². The maximum Gasteiger partial charge on any atom is 0.416 e. The number of alkyl halides is 3. The van der Waals surface area contributed by atoms with E-state index in [0.717, 1.165) is 23.4 Å². The summed E-state index contributed by atoms with van der Waals surface area (Å²) in [5, 5.41) is 7.77. The Balaban J connectivity index is 1.85. The molecule has 1 aliphatic rings. The monoisotopic (exact) mass is 295 g/mol. The van der Waals surface area contributed by atoms with Gasteiger partial charge in [0.1, 0.15) is 0 Å². The number of nitrogens with zero attached hydrogens (tertiary/aromatic N) is 2. The SMILES string of the molecule is Cn1cc(CNC2CC2)c(-c2ccc(C(F)(F)F)cc2)n1. The van der Waals surface area contributed by atoms with E-state index < -0.39 is 11.7 Å². The molecule has 0 aliphatic heterocycles. The van der Waals surface area contributed by atoms with Gasteiger partial charge in [-0.3, -0.25) is 4.68 Å². The van der Waals surface area contributed by atoms with Crippen molar-refractivity contribution in [2.75, 3.05) is 0 Å². The molecule has 1 aromatic carbocycles. The van der Waals surface area contributed by atoms with E-state index in [0.29, 0.717) is 18.2 Å². The Morgan fingerprint density at radius 1 is 1.24 bits per heavy atom. The van der Waals surface area contributed by atoms with Gasteiger partial charge in [-0.25, -0.2) is 0 Å². The van der Waals surface area contributed by atoms with Crippen LogP contribution in [0.1, 0.15) is 24.0 Å². The fourth-order valence-corrected chi connectivity index (χ4v) is 2.27. The molecule has 0 saturated heterocycles. The molecule has 0 radical (unpaired) electrons. The molecule has 0 atom stereocenters. The molecule has 0 spiro atoms. The first-order valence-electron chi connectivity index (χ1n) is 6.87. The second kappa shape index (κ2) is 5.18. The zero-order chi connectivity index (χ0) is 15.0. The minimum atomic E-state index is -4.31. The summed E-state index contributed by atoms with van der Waals surface area (Å²) < 4.78 is 39.5. The summed E-state index contributed by atoms with van der Waals surface area (Å²) >= 11 is 0. The maximum absolute atomic E-state index is 12.6. The summed E-state index contributed by atoms with van der Waals surface area (Å²) in [5.41, 5.74) is 1.81. The Bertz CT molecular complexity index is 625. The molecule has 1 N–H and O–H groups in total. The summed E-state index contributed by atoms with van der Waals surface area (Å²) in [5.74, 6) is 0. The fourth-order valence-electron chi connectivity index (χ4n) is 2.27. The first-order valence-corrected chi connectivity index (χ1v) is 6.87. The molecule has 3 rings (SSSR count). The highest BCUT2D eigenvalue weighted by Gasteiger charge is 2.30. The molecular weight excluding hydrogens is 279 g/mol. The van der Waals surface area contributed by atoms with Crippen molar-refractivity contribution < 1.29 is 13.2 Å². The lowest BCUT2D eigenvalue weighted by molar-refractivity contribution is -0.137. The molecule has 0 bridgehead atoms. The normalized spacial score (nSPS) is 15.4. The quantitative estimate of drug-likeness (QED) is 0.937. The average Bonchev–Trinajstić information content (AvgIpc) is 3.18. The first-order chi connectivity index (χ1) is 9.93. The van der Waals surface area contributed by atoms with E-state index >= 15 is 0 Å². The molecule has 1 fully saturated rings. The zero-order valence-corrected chi connectivity index (χ0v) is 11.6. The molecule has 1 saturated carbocycles. The minimum Gasteiger partial charge on any atom is -0.310 e. The molecular formula is C15H16F3N3. The van der Waals surface area contributed by atoms with Crippen molar-refractivity contribution in [1.29, 1.82) is 0 Å². The number of aryl methyl sites for hydroxylation is 1. The van der Waals surface area contributed by atoms with Crippen LogP contribution in [0.4, 0.5) is 13.2 Å². The van der Waals surface area contributed by atoms with E-state index in [1.165, 1.54) is 25.0 Å². The van der Waals surface area contributed by atoms with Gasteiger partial charge in [0.15, 0.2) is 0 Å². The van der Waals surface area contributed by atoms with E-state index in [-0.39, 0.29) is 0 Å². The van der Waals surface area contributed by atoms with E-state index in [9.17, 15) is 13.2 Å². The molecule has 2 aromatic rings. The van der Waals surface area contributed by atoms with Gasteiger partial charge in [-0.05, 0) is 25.0 Å². The number of aromatic nitrogens is 2. The van der Waals surface area contributed by atoms with Crippen molar-refractivity contribution in [1.82, 2.24) is 15.1 Å². The highest BCUT2D eigenvalue weighted by Crippen LogP contribution is 2.31. The molecule has 112 valence electrons. The van der Waals surface area contributed by atoms with Crippen LogP contribution in [-0.2, 0) is 19.8 Å². The van der Waals surface area contributed by atoms with Crippen LogP contribution in [0.5, 0.6) is 0 Å². The molecule has 1 aromatic heterocycles. The summed E-state index contributed by atoms with van der Waals surface area (Å²) in [6.45, 7) is 0.689. The molecule has 1 aliphatic carbocycles. The van der Waals surface area contributed by atoms with Gasteiger partial charge in [-0.15, -0.1) is 0 Å². The van der Waals surface area contributed by atoms with Crippen molar-refractivity contribution >= 4 is 0 Å². The summed E-state index contributed by atoms with van der Waals surface area (Å²) in [7, 11) is 1.81. The lowest BCUT2D eigenvalue weighted by Crippen LogP contribution is -2.15. The number of rotatable bonds is 4. The van der Waals surface area contributed by atoms with Gasteiger partial charge in [-0.2, -0.15) is 18.3 Å². The Hall–Kier alpha value is -1.82. The van der Waals surface area contributed by atoms with Gasteiger partial charge < -0.3 is 5.32 Å². The standard InChI is InChI=1S/C15H16F3N3/c1-21-9-11(8-19-13-6-7-13)14(20-21)10-2-4-12(5-3-10)15(16,17)18/h2-5,9,13,19H,6-8H2,1H3. The van der Waals surface area contributed by atoms with E-state index in [2.05, 4.69) is 10.4 Å². The Morgan fingerprint density at radius 2 is 1.90 bits per heavy atom. The van der Waals surface area contributed by atoms with Crippen molar-refractivity contribution in [3.63, 3.8) is 0 Å². The summed E-state index contributed by atoms with van der Waals surface area (Å²) in [6.07, 6.45) is -0.0207. The summed E-state index contributed by atoms with van der Waals surface area (Å²) in [4.78, 5) is 0. The second-order valence-corrected chi connectivity index (χ2v) is 5.41. The number of halogens is 3. The number of nitrogens with one attached hydrogen (secondary N) is 1. The third-order valence-corrected chi connectivity index (χ3v) is 3.55. The van der Waals surface area contributed by atoms with Crippen LogP contribution in [0.2, 0.25) is 0 Å². The molecule has 6 heteroatoms. The Labute approximate surface area is 120 Å². The van der Waals surface area contributed by atoms with E-state index in [4.69, 9.17) is 0 Å². The second-order valence-electron chi connectivity index (χ2n) is 5.41. The maximum atomic E-state index is 12.6. The van der Waals surface area contributed by atoms with E-state index in [1.54, 1.807) is 4.68 Å². The number of benzene rings is 1.